The van der Waals surface area contributed by atoms with E-state index in [0.717, 1.165) is 31.7 Å². The second kappa shape index (κ2) is 5.40. The number of aryl methyl sites for hydroxylation is 2. The van der Waals surface area contributed by atoms with Crippen LogP contribution in [0.5, 0.6) is 0 Å². The molecule has 0 saturated heterocycles. The van der Waals surface area contributed by atoms with Crippen molar-refractivity contribution in [1.82, 2.24) is 4.98 Å². The highest BCUT2D eigenvalue weighted by Gasteiger charge is 2.11. The van der Waals surface area contributed by atoms with Crippen molar-refractivity contribution < 1.29 is 9.30 Å². The Morgan fingerprint density at radius 1 is 1.57 bits per heavy atom. The van der Waals surface area contributed by atoms with Crippen LogP contribution in [-0.2, 0) is 11.3 Å². The minimum atomic E-state index is 0.625. The highest BCUT2D eigenvalue weighted by atomic mass is 16.5. The van der Waals surface area contributed by atoms with E-state index in [4.69, 9.17) is 10.00 Å². The number of nitrogens with one attached hydrogen (secondary N) is 1. The van der Waals surface area contributed by atoms with Gasteiger partial charge in [-0.15, -0.1) is 0 Å². The summed E-state index contributed by atoms with van der Waals surface area (Å²) < 4.78 is 6.91. The second-order valence-electron chi connectivity index (χ2n) is 3.29. The van der Waals surface area contributed by atoms with Gasteiger partial charge in [-0.05, 0) is 12.8 Å². The lowest BCUT2D eigenvalue weighted by Crippen LogP contribution is -2.35. The first kappa shape index (κ1) is 10.7. The summed E-state index contributed by atoms with van der Waals surface area (Å²) in [5.74, 6) is 0.625. The maximum absolute atomic E-state index is 8.81. The highest BCUT2D eigenvalue weighted by molar-refractivity contribution is 5.05. The van der Waals surface area contributed by atoms with Crippen LogP contribution >= 0.6 is 0 Å². The fourth-order valence-corrected chi connectivity index (χ4v) is 1.39. The zero-order valence-corrected chi connectivity index (χ0v) is 8.71. The van der Waals surface area contributed by atoms with Crippen molar-refractivity contribution in [2.75, 3.05) is 13.7 Å². The van der Waals surface area contributed by atoms with Crippen molar-refractivity contribution in [2.45, 2.75) is 26.3 Å². The largest absolute Gasteiger partial charge is 0.385 e. The smallest absolute Gasteiger partial charge is 0.359 e. The lowest BCUT2D eigenvalue weighted by molar-refractivity contribution is -0.698. The van der Waals surface area contributed by atoms with Crippen LogP contribution in [0.1, 0.15) is 24.4 Å². The number of hydrogen-bond acceptors (Lipinski definition) is 2. The Bertz CT molecular complexity index is 325. The van der Waals surface area contributed by atoms with Crippen LogP contribution in [0.3, 0.4) is 0 Å². The third kappa shape index (κ3) is 2.86. The molecule has 0 aliphatic carbocycles. The summed E-state index contributed by atoms with van der Waals surface area (Å²) in [4.78, 5) is 3.01. The van der Waals surface area contributed by atoms with Gasteiger partial charge in [0.2, 0.25) is 0 Å². The Morgan fingerprint density at radius 2 is 2.36 bits per heavy atom. The van der Waals surface area contributed by atoms with Crippen LogP contribution in [0.4, 0.5) is 0 Å². The SMILES string of the molecule is COCCCC[n+]1cc(C)[nH]c1C#N. The number of methoxy groups -OCH3 is 1. The maximum Gasteiger partial charge on any atom is 0.359 e. The summed E-state index contributed by atoms with van der Waals surface area (Å²) in [6.45, 7) is 3.61. The molecule has 0 aromatic carbocycles. The molecule has 4 nitrogen and oxygen atoms in total. The third-order valence-corrected chi connectivity index (χ3v) is 2.06. The molecule has 0 spiro atoms. The number of ether oxygens (including phenoxy) is 1. The van der Waals surface area contributed by atoms with Gasteiger partial charge in [0.05, 0.1) is 6.54 Å². The van der Waals surface area contributed by atoms with Crippen molar-refractivity contribution in [3.05, 3.63) is 17.7 Å². The van der Waals surface area contributed by atoms with E-state index in [9.17, 15) is 0 Å². The minimum Gasteiger partial charge on any atom is -0.385 e. The molecular weight excluding hydrogens is 178 g/mol. The number of aromatic amines is 1. The van der Waals surface area contributed by atoms with E-state index >= 15 is 0 Å². The molecule has 1 N–H and O–H groups in total. The van der Waals surface area contributed by atoms with Crippen molar-refractivity contribution in [1.29, 1.82) is 5.26 Å². The number of nitrogens with zero attached hydrogens (tertiary/aromatic N) is 2. The predicted octanol–water partition coefficient (Wildman–Crippen LogP) is 0.909. The molecule has 4 heteroatoms. The topological polar surface area (TPSA) is 52.7 Å². The van der Waals surface area contributed by atoms with Crippen molar-refractivity contribution >= 4 is 0 Å². The normalized spacial score (nSPS) is 10.1. The lowest BCUT2D eigenvalue weighted by atomic mass is 10.3. The first-order valence-electron chi connectivity index (χ1n) is 4.76. The number of imidazole rings is 1. The summed E-state index contributed by atoms with van der Waals surface area (Å²) in [6.07, 6.45) is 4.02. The van der Waals surface area contributed by atoms with Gasteiger partial charge in [-0.25, -0.2) is 9.55 Å². The molecule has 14 heavy (non-hydrogen) atoms. The molecule has 76 valence electrons. The van der Waals surface area contributed by atoms with E-state index in [0.29, 0.717) is 5.82 Å². The van der Waals surface area contributed by atoms with Gasteiger partial charge in [0.25, 0.3) is 0 Å². The van der Waals surface area contributed by atoms with Gasteiger partial charge in [0.1, 0.15) is 11.9 Å². The molecule has 0 saturated carbocycles. The Morgan fingerprint density at radius 3 is 3.00 bits per heavy atom. The molecule has 1 heterocycles. The van der Waals surface area contributed by atoms with Crippen molar-refractivity contribution in [3.63, 3.8) is 0 Å². The van der Waals surface area contributed by atoms with Crippen LogP contribution in [0.2, 0.25) is 0 Å². The number of nitriles is 1. The summed E-state index contributed by atoms with van der Waals surface area (Å²) >= 11 is 0. The number of unbranched alkanes of at least 4 members (excludes halogenated alkanes) is 1. The number of hydrogen-bond donors (Lipinski definition) is 1. The Balaban J connectivity index is 2.46. The predicted molar refractivity (Wildman–Crippen MR) is 51.5 cm³/mol. The van der Waals surface area contributed by atoms with E-state index in [1.54, 1.807) is 7.11 Å². The Labute approximate surface area is 84.1 Å². The quantitative estimate of drug-likeness (QED) is 0.559. The molecule has 0 atom stereocenters. The first-order chi connectivity index (χ1) is 6.77. The number of H-pyrrole nitrogens is 1. The van der Waals surface area contributed by atoms with Crippen LogP contribution in [0.15, 0.2) is 6.20 Å². The highest BCUT2D eigenvalue weighted by Crippen LogP contribution is 1.94. The van der Waals surface area contributed by atoms with Crippen molar-refractivity contribution in [3.8, 4) is 6.07 Å². The molecule has 0 amide bonds. The monoisotopic (exact) mass is 194 g/mol. The van der Waals surface area contributed by atoms with Gasteiger partial charge in [0.15, 0.2) is 6.07 Å². The van der Waals surface area contributed by atoms with E-state index in [-0.39, 0.29) is 0 Å². The first-order valence-corrected chi connectivity index (χ1v) is 4.76. The molecule has 1 aromatic rings. The maximum atomic E-state index is 8.81. The summed E-state index contributed by atoms with van der Waals surface area (Å²) in [5.41, 5.74) is 1.02. The average molecular weight is 194 g/mol. The summed E-state index contributed by atoms with van der Waals surface area (Å²) in [7, 11) is 1.70. The molecule has 1 rings (SSSR count). The fourth-order valence-electron chi connectivity index (χ4n) is 1.39. The van der Waals surface area contributed by atoms with E-state index in [1.165, 1.54) is 0 Å². The lowest BCUT2D eigenvalue weighted by Gasteiger charge is -1.97. The molecular formula is C10H16N3O+. The molecule has 0 aliphatic rings. The Kier molecular flexibility index (Phi) is 4.14. The van der Waals surface area contributed by atoms with Crippen LogP contribution in [-0.4, -0.2) is 18.7 Å². The van der Waals surface area contributed by atoms with Crippen molar-refractivity contribution in [2.24, 2.45) is 0 Å². The third-order valence-electron chi connectivity index (χ3n) is 2.06. The van der Waals surface area contributed by atoms with E-state index in [2.05, 4.69) is 11.1 Å². The molecule has 0 radical (unpaired) electrons. The van der Waals surface area contributed by atoms with Gasteiger partial charge in [0, 0.05) is 20.6 Å². The molecule has 0 aliphatic heterocycles. The number of aromatic nitrogens is 2. The van der Waals surface area contributed by atoms with Gasteiger partial charge in [-0.1, -0.05) is 0 Å². The van der Waals surface area contributed by atoms with Crippen LogP contribution in [0.25, 0.3) is 0 Å². The van der Waals surface area contributed by atoms with Gasteiger partial charge < -0.3 is 4.74 Å². The van der Waals surface area contributed by atoms with Gasteiger partial charge >= 0.3 is 5.82 Å². The molecule has 0 unspecified atom stereocenters. The summed E-state index contributed by atoms with van der Waals surface area (Å²) in [6, 6.07) is 2.13. The Hall–Kier alpha value is -1.34. The molecule has 1 aromatic heterocycles. The number of rotatable bonds is 5. The average Bonchev–Trinajstić information content (AvgIpc) is 2.54. The van der Waals surface area contributed by atoms with E-state index < -0.39 is 0 Å². The second-order valence-corrected chi connectivity index (χ2v) is 3.29. The molecule has 0 fully saturated rings. The fraction of sp³-hybridized carbons (Fsp3) is 0.600. The zero-order valence-electron chi connectivity index (χ0n) is 8.71. The molecule has 0 bridgehead atoms. The standard InChI is InChI=1S/C10H15N3O/c1-9-8-13(10(7-11)12-9)5-3-4-6-14-2/h8H,3-6H2,1-2H3/p+1. The summed E-state index contributed by atoms with van der Waals surface area (Å²) in [5, 5.41) is 8.81. The van der Waals surface area contributed by atoms with Crippen LogP contribution < -0.4 is 4.57 Å². The zero-order chi connectivity index (χ0) is 10.4. The van der Waals surface area contributed by atoms with Crippen LogP contribution in [0, 0.1) is 18.3 Å². The van der Waals surface area contributed by atoms with E-state index in [1.807, 2.05) is 17.7 Å². The van der Waals surface area contributed by atoms with Gasteiger partial charge in [-0.2, -0.15) is 5.26 Å². The van der Waals surface area contributed by atoms with Gasteiger partial charge in [-0.3, -0.25) is 0 Å². The minimum absolute atomic E-state index is 0.625.